The first-order valence-corrected chi connectivity index (χ1v) is 7.23. The van der Waals surface area contributed by atoms with Crippen molar-refractivity contribution in [2.24, 2.45) is 4.99 Å². The molecular weight excluding hydrogens is 228 g/mol. The summed E-state index contributed by atoms with van der Waals surface area (Å²) in [6.45, 7) is 6.57. The van der Waals surface area contributed by atoms with Crippen LogP contribution in [0.3, 0.4) is 0 Å². The molecule has 1 heterocycles. The van der Waals surface area contributed by atoms with Crippen LogP contribution in [-0.4, -0.2) is 16.5 Å². The van der Waals surface area contributed by atoms with E-state index in [2.05, 4.69) is 50.4 Å². The van der Waals surface area contributed by atoms with Crippen LogP contribution in [-0.2, 0) is 0 Å². The molecule has 1 aromatic rings. The minimum Gasteiger partial charge on any atom is -0.335 e. The molecule has 0 atom stereocenters. The maximum absolute atomic E-state index is 4.86. The number of para-hydroxylation sites is 1. The van der Waals surface area contributed by atoms with Gasteiger partial charge < -0.3 is 5.32 Å². The van der Waals surface area contributed by atoms with Crippen LogP contribution < -0.4 is 5.32 Å². The quantitative estimate of drug-likeness (QED) is 0.872. The molecule has 1 aliphatic heterocycles. The summed E-state index contributed by atoms with van der Waals surface area (Å²) in [5.74, 6) is 1.11. The number of benzene rings is 1. The molecule has 0 bridgehead atoms. The molecule has 0 fully saturated rings. The Morgan fingerprint density at radius 3 is 2.59 bits per heavy atom. The first-order chi connectivity index (χ1) is 8.19. The Bertz CT molecular complexity index is 422. The molecule has 2 nitrogen and oxygen atoms in total. The molecule has 0 amide bonds. The van der Waals surface area contributed by atoms with Crippen molar-refractivity contribution < 1.29 is 0 Å². The van der Waals surface area contributed by atoms with E-state index in [0.717, 1.165) is 23.8 Å². The summed E-state index contributed by atoms with van der Waals surface area (Å²) in [6, 6.07) is 8.35. The van der Waals surface area contributed by atoms with E-state index in [1.165, 1.54) is 11.3 Å². The van der Waals surface area contributed by atoms with E-state index in [-0.39, 0.29) is 5.54 Å². The van der Waals surface area contributed by atoms with Gasteiger partial charge in [-0.15, -0.1) is 0 Å². The predicted octanol–water partition coefficient (Wildman–Crippen LogP) is 4.07. The molecule has 0 aliphatic carbocycles. The number of anilines is 1. The van der Waals surface area contributed by atoms with E-state index in [1.54, 1.807) is 0 Å². The van der Waals surface area contributed by atoms with Gasteiger partial charge in [-0.1, -0.05) is 43.8 Å². The topological polar surface area (TPSA) is 24.4 Å². The van der Waals surface area contributed by atoms with Gasteiger partial charge in [0.1, 0.15) is 0 Å². The standard InChI is InChI=1S/C14H20N2S/c1-4-14(5-2)10-17-13(16-14)15-12-9-7-6-8-11(12)3/h6-9H,4-5,10H2,1-3H3,(H,15,16). The summed E-state index contributed by atoms with van der Waals surface area (Å²) in [7, 11) is 0. The lowest BCUT2D eigenvalue weighted by atomic mass is 9.97. The zero-order chi connectivity index (χ0) is 12.3. The number of thioether (sulfide) groups is 1. The van der Waals surface area contributed by atoms with Crippen LogP contribution in [0, 0.1) is 6.92 Å². The second-order valence-electron chi connectivity index (χ2n) is 4.58. The summed E-state index contributed by atoms with van der Waals surface area (Å²) in [6.07, 6.45) is 2.24. The first-order valence-electron chi connectivity index (χ1n) is 6.24. The fourth-order valence-electron chi connectivity index (χ4n) is 1.99. The SMILES string of the molecule is CCC1(CC)CSC(Nc2ccccc2C)=N1. The third-order valence-corrected chi connectivity index (χ3v) is 4.67. The summed E-state index contributed by atoms with van der Waals surface area (Å²) < 4.78 is 0. The molecule has 1 aliphatic rings. The van der Waals surface area contributed by atoms with Gasteiger partial charge in [-0.3, -0.25) is 4.99 Å². The van der Waals surface area contributed by atoms with Gasteiger partial charge in [0.25, 0.3) is 0 Å². The van der Waals surface area contributed by atoms with Crippen LogP contribution in [0.4, 0.5) is 5.69 Å². The third kappa shape index (κ3) is 2.65. The van der Waals surface area contributed by atoms with E-state index < -0.39 is 0 Å². The highest BCUT2D eigenvalue weighted by molar-refractivity contribution is 8.14. The minimum atomic E-state index is 0.162. The number of amidine groups is 1. The Morgan fingerprint density at radius 1 is 1.29 bits per heavy atom. The molecule has 0 saturated carbocycles. The minimum absolute atomic E-state index is 0.162. The summed E-state index contributed by atoms with van der Waals surface area (Å²) in [5.41, 5.74) is 2.60. The van der Waals surface area contributed by atoms with Gasteiger partial charge in [-0.05, 0) is 31.4 Å². The average Bonchev–Trinajstić information content (AvgIpc) is 2.76. The Kier molecular flexibility index (Phi) is 3.77. The molecule has 2 rings (SSSR count). The summed E-state index contributed by atoms with van der Waals surface area (Å²) in [4.78, 5) is 4.86. The lowest BCUT2D eigenvalue weighted by Crippen LogP contribution is -2.24. The van der Waals surface area contributed by atoms with E-state index in [9.17, 15) is 0 Å². The highest BCUT2D eigenvalue weighted by Crippen LogP contribution is 2.34. The second-order valence-corrected chi connectivity index (χ2v) is 5.54. The predicted molar refractivity (Wildman–Crippen MR) is 78.0 cm³/mol. The third-order valence-electron chi connectivity index (χ3n) is 3.52. The summed E-state index contributed by atoms with van der Waals surface area (Å²) in [5, 5.41) is 4.52. The normalized spacial score (nSPS) is 17.9. The fraction of sp³-hybridized carbons (Fsp3) is 0.500. The number of aliphatic imine (C=N–C) groups is 1. The van der Waals surface area contributed by atoms with Gasteiger partial charge in [0.15, 0.2) is 5.17 Å². The lowest BCUT2D eigenvalue weighted by Gasteiger charge is -2.20. The Labute approximate surface area is 108 Å². The van der Waals surface area contributed by atoms with Gasteiger partial charge in [0.05, 0.1) is 5.54 Å². The van der Waals surface area contributed by atoms with Gasteiger partial charge >= 0.3 is 0 Å². The van der Waals surface area contributed by atoms with Crippen molar-refractivity contribution in [2.45, 2.75) is 39.2 Å². The molecular formula is C14H20N2S. The molecule has 1 aromatic carbocycles. The lowest BCUT2D eigenvalue weighted by molar-refractivity contribution is 0.456. The molecule has 0 spiro atoms. The van der Waals surface area contributed by atoms with Crippen LogP contribution in [0.5, 0.6) is 0 Å². The second kappa shape index (κ2) is 5.13. The van der Waals surface area contributed by atoms with Crippen LogP contribution in [0.25, 0.3) is 0 Å². The maximum Gasteiger partial charge on any atom is 0.161 e. The number of rotatable bonds is 3. The summed E-state index contributed by atoms with van der Waals surface area (Å²) >= 11 is 1.84. The van der Waals surface area contributed by atoms with Crippen molar-refractivity contribution in [3.8, 4) is 0 Å². The van der Waals surface area contributed by atoms with Gasteiger partial charge in [0, 0.05) is 11.4 Å². The van der Waals surface area contributed by atoms with E-state index >= 15 is 0 Å². The molecule has 17 heavy (non-hydrogen) atoms. The number of aryl methyl sites for hydroxylation is 1. The van der Waals surface area contributed by atoms with Gasteiger partial charge in [0.2, 0.25) is 0 Å². The van der Waals surface area contributed by atoms with Crippen molar-refractivity contribution in [3.05, 3.63) is 29.8 Å². The average molecular weight is 248 g/mol. The zero-order valence-electron chi connectivity index (χ0n) is 10.8. The van der Waals surface area contributed by atoms with Crippen LogP contribution in [0.2, 0.25) is 0 Å². The number of hydrogen-bond donors (Lipinski definition) is 1. The smallest absolute Gasteiger partial charge is 0.161 e. The van der Waals surface area contributed by atoms with Crippen LogP contribution >= 0.6 is 11.8 Å². The molecule has 3 heteroatoms. The van der Waals surface area contributed by atoms with Crippen molar-refractivity contribution in [1.82, 2.24) is 0 Å². The van der Waals surface area contributed by atoms with Crippen molar-refractivity contribution in [1.29, 1.82) is 0 Å². The van der Waals surface area contributed by atoms with Crippen molar-refractivity contribution >= 4 is 22.6 Å². The highest BCUT2D eigenvalue weighted by atomic mass is 32.2. The van der Waals surface area contributed by atoms with Gasteiger partial charge in [-0.2, -0.15) is 0 Å². The first kappa shape index (κ1) is 12.5. The molecule has 1 N–H and O–H groups in total. The van der Waals surface area contributed by atoms with E-state index in [4.69, 9.17) is 4.99 Å². The molecule has 0 radical (unpaired) electrons. The monoisotopic (exact) mass is 248 g/mol. The number of hydrogen-bond acceptors (Lipinski definition) is 3. The fourth-order valence-corrected chi connectivity index (χ4v) is 3.31. The largest absolute Gasteiger partial charge is 0.335 e. The van der Waals surface area contributed by atoms with Crippen LogP contribution in [0.15, 0.2) is 29.3 Å². The number of nitrogens with one attached hydrogen (secondary N) is 1. The zero-order valence-corrected chi connectivity index (χ0v) is 11.6. The van der Waals surface area contributed by atoms with Crippen LogP contribution in [0.1, 0.15) is 32.3 Å². The van der Waals surface area contributed by atoms with Gasteiger partial charge in [-0.25, -0.2) is 0 Å². The maximum atomic E-state index is 4.86. The number of nitrogens with zero attached hydrogens (tertiary/aromatic N) is 1. The Morgan fingerprint density at radius 2 is 2.00 bits per heavy atom. The molecule has 0 unspecified atom stereocenters. The molecule has 0 saturated heterocycles. The van der Waals surface area contributed by atoms with Crippen molar-refractivity contribution in [2.75, 3.05) is 11.1 Å². The van der Waals surface area contributed by atoms with Crippen molar-refractivity contribution in [3.63, 3.8) is 0 Å². The highest BCUT2D eigenvalue weighted by Gasteiger charge is 2.32. The Balaban J connectivity index is 2.14. The molecule has 0 aromatic heterocycles. The van der Waals surface area contributed by atoms with E-state index in [1.807, 2.05) is 11.8 Å². The molecule has 92 valence electrons. The Hall–Kier alpha value is -0.960. The van der Waals surface area contributed by atoms with E-state index in [0.29, 0.717) is 0 Å².